The highest BCUT2D eigenvalue weighted by Crippen LogP contribution is 2.28. The summed E-state index contributed by atoms with van der Waals surface area (Å²) in [6.45, 7) is 1.99. The summed E-state index contributed by atoms with van der Waals surface area (Å²) in [5.74, 6) is 0. The topological polar surface area (TPSA) is 98.2 Å². The van der Waals surface area contributed by atoms with E-state index in [9.17, 15) is 8.42 Å². The fourth-order valence-corrected chi connectivity index (χ4v) is 3.02. The van der Waals surface area contributed by atoms with Crippen LogP contribution in [-0.4, -0.2) is 21.7 Å². The van der Waals surface area contributed by atoms with Crippen LogP contribution in [-0.2, 0) is 16.4 Å². The largest absolute Gasteiger partial charge is 0.333 e. The second-order valence-corrected chi connectivity index (χ2v) is 6.74. The molecule has 0 heterocycles. The predicted octanol–water partition coefficient (Wildman–Crippen LogP) is 2.24. The molecule has 2 aromatic carbocycles. The SMILES string of the molecule is CCc1c(NS(C)(=O)=O)cccc1C(N)c1ccccc1.CN. The summed E-state index contributed by atoms with van der Waals surface area (Å²) < 4.78 is 25.5. The number of hydrogen-bond donors (Lipinski definition) is 3. The van der Waals surface area contributed by atoms with Gasteiger partial charge in [0.2, 0.25) is 10.0 Å². The Morgan fingerprint density at radius 3 is 2.17 bits per heavy atom. The highest BCUT2D eigenvalue weighted by Gasteiger charge is 2.16. The van der Waals surface area contributed by atoms with Crippen molar-refractivity contribution in [1.82, 2.24) is 0 Å². The first-order valence-corrected chi connectivity index (χ1v) is 9.29. The molecule has 2 aromatic rings. The minimum atomic E-state index is -3.31. The molecular formula is C17H25N3O2S. The summed E-state index contributed by atoms with van der Waals surface area (Å²) in [6, 6.07) is 15.0. The molecule has 23 heavy (non-hydrogen) atoms. The van der Waals surface area contributed by atoms with Gasteiger partial charge in [-0.15, -0.1) is 0 Å². The number of rotatable bonds is 5. The second kappa shape index (κ2) is 8.67. The average molecular weight is 335 g/mol. The molecule has 0 aliphatic rings. The van der Waals surface area contributed by atoms with Crippen molar-refractivity contribution in [2.24, 2.45) is 11.5 Å². The van der Waals surface area contributed by atoms with Crippen molar-refractivity contribution >= 4 is 15.7 Å². The molecule has 0 fully saturated rings. The first-order valence-electron chi connectivity index (χ1n) is 7.40. The van der Waals surface area contributed by atoms with Gasteiger partial charge in [0.05, 0.1) is 18.0 Å². The van der Waals surface area contributed by atoms with Gasteiger partial charge >= 0.3 is 0 Å². The Labute approximate surface area is 138 Å². The van der Waals surface area contributed by atoms with Crippen LogP contribution in [0.3, 0.4) is 0 Å². The first kappa shape index (κ1) is 19.2. The Kier molecular flexibility index (Phi) is 7.22. The van der Waals surface area contributed by atoms with Crippen LogP contribution in [0.15, 0.2) is 48.5 Å². The molecule has 0 amide bonds. The number of hydrogen-bond acceptors (Lipinski definition) is 4. The molecule has 0 saturated carbocycles. The van der Waals surface area contributed by atoms with Gasteiger partial charge in [-0.2, -0.15) is 0 Å². The van der Waals surface area contributed by atoms with Crippen LogP contribution in [0.4, 0.5) is 5.69 Å². The van der Waals surface area contributed by atoms with Gasteiger partial charge in [0.1, 0.15) is 0 Å². The Bertz CT molecular complexity index is 716. The standard InChI is InChI=1S/C16H20N2O2S.CH5N/c1-3-13-14(16(17)12-8-5-4-6-9-12)10-7-11-15(13)18-21(2,19)20;1-2/h4-11,16,18H,3,17H2,1-2H3;2H2,1H3. The number of nitrogens with two attached hydrogens (primary N) is 2. The molecule has 0 aromatic heterocycles. The summed E-state index contributed by atoms with van der Waals surface area (Å²) in [4.78, 5) is 0. The van der Waals surface area contributed by atoms with Crippen molar-refractivity contribution in [2.45, 2.75) is 19.4 Å². The van der Waals surface area contributed by atoms with Crippen molar-refractivity contribution in [3.05, 3.63) is 65.2 Å². The fraction of sp³-hybridized carbons (Fsp3) is 0.294. The summed E-state index contributed by atoms with van der Waals surface area (Å²) in [7, 11) is -1.81. The molecule has 126 valence electrons. The van der Waals surface area contributed by atoms with E-state index in [1.54, 1.807) is 6.07 Å². The van der Waals surface area contributed by atoms with Crippen molar-refractivity contribution in [1.29, 1.82) is 0 Å². The van der Waals surface area contributed by atoms with Crippen LogP contribution in [0.1, 0.15) is 29.7 Å². The quantitative estimate of drug-likeness (QED) is 0.780. The third-order valence-electron chi connectivity index (χ3n) is 3.35. The van der Waals surface area contributed by atoms with Crippen LogP contribution in [0, 0.1) is 0 Å². The van der Waals surface area contributed by atoms with Crippen LogP contribution < -0.4 is 16.2 Å². The third-order valence-corrected chi connectivity index (χ3v) is 3.95. The smallest absolute Gasteiger partial charge is 0.229 e. The van der Waals surface area contributed by atoms with E-state index in [1.165, 1.54) is 7.05 Å². The van der Waals surface area contributed by atoms with E-state index in [-0.39, 0.29) is 6.04 Å². The number of benzene rings is 2. The molecule has 5 nitrogen and oxygen atoms in total. The summed E-state index contributed by atoms with van der Waals surface area (Å²) >= 11 is 0. The van der Waals surface area contributed by atoms with E-state index >= 15 is 0 Å². The third kappa shape index (κ3) is 5.35. The number of sulfonamides is 1. The predicted molar refractivity (Wildman–Crippen MR) is 96.9 cm³/mol. The Morgan fingerprint density at radius 1 is 1.04 bits per heavy atom. The molecule has 0 aliphatic carbocycles. The first-order chi connectivity index (χ1) is 10.9. The van der Waals surface area contributed by atoms with E-state index in [4.69, 9.17) is 5.73 Å². The zero-order chi connectivity index (χ0) is 17.5. The van der Waals surface area contributed by atoms with Gasteiger partial charge in [-0.3, -0.25) is 4.72 Å². The van der Waals surface area contributed by atoms with Crippen LogP contribution in [0.2, 0.25) is 0 Å². The Balaban J connectivity index is 0.00000127. The van der Waals surface area contributed by atoms with Gasteiger partial charge in [0, 0.05) is 0 Å². The zero-order valence-corrected chi connectivity index (χ0v) is 14.6. The summed E-state index contributed by atoms with van der Waals surface area (Å²) in [5, 5.41) is 0. The van der Waals surface area contributed by atoms with Crippen molar-refractivity contribution in [3.63, 3.8) is 0 Å². The molecular weight excluding hydrogens is 310 g/mol. The minimum absolute atomic E-state index is 0.275. The summed E-state index contributed by atoms with van der Waals surface area (Å²) in [6.07, 6.45) is 1.85. The van der Waals surface area contributed by atoms with Crippen LogP contribution >= 0.6 is 0 Å². The lowest BCUT2D eigenvalue weighted by atomic mass is 9.93. The molecule has 0 radical (unpaired) electrons. The van der Waals surface area contributed by atoms with Crippen LogP contribution in [0.25, 0.3) is 0 Å². The van der Waals surface area contributed by atoms with Crippen molar-refractivity contribution in [2.75, 3.05) is 18.0 Å². The molecule has 0 saturated heterocycles. The van der Waals surface area contributed by atoms with Gasteiger partial charge < -0.3 is 11.5 Å². The molecule has 5 N–H and O–H groups in total. The maximum atomic E-state index is 11.5. The highest BCUT2D eigenvalue weighted by atomic mass is 32.2. The van der Waals surface area contributed by atoms with Gasteiger partial charge in [-0.05, 0) is 36.2 Å². The van der Waals surface area contributed by atoms with Crippen molar-refractivity contribution < 1.29 is 8.42 Å². The van der Waals surface area contributed by atoms with Gasteiger partial charge in [-0.1, -0.05) is 49.4 Å². The molecule has 0 spiro atoms. The maximum absolute atomic E-state index is 11.5. The summed E-state index contributed by atoms with van der Waals surface area (Å²) in [5.41, 5.74) is 14.3. The highest BCUT2D eigenvalue weighted by molar-refractivity contribution is 7.92. The van der Waals surface area contributed by atoms with E-state index in [2.05, 4.69) is 10.5 Å². The number of nitrogens with one attached hydrogen (secondary N) is 1. The molecule has 1 atom stereocenters. The van der Waals surface area contributed by atoms with Crippen molar-refractivity contribution in [3.8, 4) is 0 Å². The normalized spacial score (nSPS) is 12.0. The number of anilines is 1. The second-order valence-electron chi connectivity index (χ2n) is 4.99. The van der Waals surface area contributed by atoms with Gasteiger partial charge in [-0.25, -0.2) is 8.42 Å². The fourth-order valence-electron chi connectivity index (χ4n) is 2.43. The van der Waals surface area contributed by atoms with Crippen LogP contribution in [0.5, 0.6) is 0 Å². The van der Waals surface area contributed by atoms with Gasteiger partial charge in [0.15, 0.2) is 0 Å². The zero-order valence-electron chi connectivity index (χ0n) is 13.8. The average Bonchev–Trinajstić information content (AvgIpc) is 2.55. The maximum Gasteiger partial charge on any atom is 0.229 e. The molecule has 0 bridgehead atoms. The minimum Gasteiger partial charge on any atom is -0.333 e. The lowest BCUT2D eigenvalue weighted by Crippen LogP contribution is -2.17. The Morgan fingerprint density at radius 2 is 1.65 bits per heavy atom. The molecule has 0 aliphatic heterocycles. The lowest BCUT2D eigenvalue weighted by molar-refractivity contribution is 0.606. The van der Waals surface area contributed by atoms with E-state index < -0.39 is 10.0 Å². The Hall–Kier alpha value is -1.89. The van der Waals surface area contributed by atoms with E-state index in [0.29, 0.717) is 12.1 Å². The van der Waals surface area contributed by atoms with E-state index in [1.807, 2.05) is 49.4 Å². The molecule has 2 rings (SSSR count). The molecule has 1 unspecified atom stereocenters. The molecule has 6 heteroatoms. The lowest BCUT2D eigenvalue weighted by Gasteiger charge is -2.19. The van der Waals surface area contributed by atoms with Gasteiger partial charge in [0.25, 0.3) is 0 Å². The monoisotopic (exact) mass is 335 g/mol. The van der Waals surface area contributed by atoms with E-state index in [0.717, 1.165) is 22.9 Å².